The van der Waals surface area contributed by atoms with E-state index in [0.717, 1.165) is 16.7 Å². The second-order valence-corrected chi connectivity index (χ2v) is 4.22. The van der Waals surface area contributed by atoms with Gasteiger partial charge >= 0.3 is 0 Å². The van der Waals surface area contributed by atoms with Gasteiger partial charge in [-0.15, -0.1) is 0 Å². The summed E-state index contributed by atoms with van der Waals surface area (Å²) in [7, 11) is 0. The van der Waals surface area contributed by atoms with Gasteiger partial charge < -0.3 is 10.8 Å². The van der Waals surface area contributed by atoms with Crippen LogP contribution in [-0.4, -0.2) is 11.1 Å². The summed E-state index contributed by atoms with van der Waals surface area (Å²) in [6.45, 7) is 5.86. The molecule has 1 atom stereocenters. The minimum atomic E-state index is 0.0254. The number of phenols is 1. The van der Waals surface area contributed by atoms with E-state index in [0.29, 0.717) is 11.4 Å². The number of phenolic OH excluding ortho intramolecular Hbond substituents is 1. The molecule has 0 bridgehead atoms. The zero-order valence-electron chi connectivity index (χ0n) is 8.76. The number of halogens is 1. The molecule has 0 aliphatic carbocycles. The summed E-state index contributed by atoms with van der Waals surface area (Å²) in [6, 6.07) is 1.80. The van der Waals surface area contributed by atoms with Gasteiger partial charge in [-0.3, -0.25) is 0 Å². The summed E-state index contributed by atoms with van der Waals surface area (Å²) in [5.74, 6) is 0.173. The number of aromatic hydroxyl groups is 1. The van der Waals surface area contributed by atoms with Gasteiger partial charge in [-0.05, 0) is 44.4 Å². The van der Waals surface area contributed by atoms with E-state index in [1.54, 1.807) is 6.07 Å². The number of rotatable bonds is 2. The number of hydrogen-bond acceptors (Lipinski definition) is 2. The fourth-order valence-corrected chi connectivity index (χ4v) is 1.78. The van der Waals surface area contributed by atoms with E-state index in [-0.39, 0.29) is 11.8 Å². The van der Waals surface area contributed by atoms with Crippen LogP contribution in [0.5, 0.6) is 5.75 Å². The Labute approximate surface area is 89.7 Å². The van der Waals surface area contributed by atoms with Crippen LogP contribution in [0.3, 0.4) is 0 Å². The fraction of sp³-hybridized carbons (Fsp3) is 0.455. The summed E-state index contributed by atoms with van der Waals surface area (Å²) >= 11 is 5.88. The van der Waals surface area contributed by atoms with Crippen molar-refractivity contribution >= 4 is 11.6 Å². The van der Waals surface area contributed by atoms with Crippen molar-refractivity contribution in [2.45, 2.75) is 33.2 Å². The Bertz CT molecular complexity index is 321. The number of aryl methyl sites for hydroxylation is 1. The molecular weight excluding hydrogens is 198 g/mol. The van der Waals surface area contributed by atoms with Gasteiger partial charge in [-0.25, -0.2) is 0 Å². The van der Waals surface area contributed by atoms with Crippen molar-refractivity contribution in [1.29, 1.82) is 0 Å². The third-order valence-electron chi connectivity index (χ3n) is 2.43. The average molecular weight is 214 g/mol. The molecule has 0 amide bonds. The summed E-state index contributed by atoms with van der Waals surface area (Å²) in [6.07, 6.45) is 0.652. The molecule has 0 radical (unpaired) electrons. The molecule has 0 saturated carbocycles. The van der Waals surface area contributed by atoms with Crippen LogP contribution in [0, 0.1) is 13.8 Å². The van der Waals surface area contributed by atoms with Crippen molar-refractivity contribution in [3.8, 4) is 5.75 Å². The average Bonchev–Trinajstić information content (AvgIpc) is 2.09. The Balaban J connectivity index is 3.25. The van der Waals surface area contributed by atoms with Gasteiger partial charge in [0.2, 0.25) is 0 Å². The van der Waals surface area contributed by atoms with Crippen LogP contribution in [0.4, 0.5) is 0 Å². The van der Waals surface area contributed by atoms with Crippen molar-refractivity contribution in [2.24, 2.45) is 5.73 Å². The summed E-state index contributed by atoms with van der Waals surface area (Å²) in [5.41, 5.74) is 8.73. The van der Waals surface area contributed by atoms with E-state index in [4.69, 9.17) is 17.3 Å². The SMILES string of the molecule is Cc1cc(Cl)c(O)c(CC(C)N)c1C. The molecule has 0 aliphatic rings. The molecule has 0 aliphatic heterocycles. The molecule has 1 unspecified atom stereocenters. The molecule has 0 saturated heterocycles. The molecule has 3 N–H and O–H groups in total. The molecule has 1 aromatic carbocycles. The minimum Gasteiger partial charge on any atom is -0.506 e. The molecule has 3 heteroatoms. The van der Waals surface area contributed by atoms with Crippen LogP contribution in [0.25, 0.3) is 0 Å². The van der Waals surface area contributed by atoms with Crippen LogP contribution < -0.4 is 5.73 Å². The highest BCUT2D eigenvalue weighted by Crippen LogP contribution is 2.32. The smallest absolute Gasteiger partial charge is 0.137 e. The van der Waals surface area contributed by atoms with Gasteiger partial charge in [-0.1, -0.05) is 11.6 Å². The Hall–Kier alpha value is -0.730. The van der Waals surface area contributed by atoms with Gasteiger partial charge in [-0.2, -0.15) is 0 Å². The Kier molecular flexibility index (Phi) is 3.40. The Morgan fingerprint density at radius 2 is 2.07 bits per heavy atom. The third kappa shape index (κ3) is 2.20. The zero-order valence-corrected chi connectivity index (χ0v) is 9.52. The molecule has 78 valence electrons. The van der Waals surface area contributed by atoms with E-state index in [1.165, 1.54) is 0 Å². The van der Waals surface area contributed by atoms with Crippen LogP contribution in [0.1, 0.15) is 23.6 Å². The standard InChI is InChI=1S/C11H16ClNO/c1-6-4-10(12)11(14)9(8(6)3)5-7(2)13/h4,7,14H,5,13H2,1-3H3. The number of hydrogen-bond donors (Lipinski definition) is 2. The van der Waals surface area contributed by atoms with E-state index in [1.807, 2.05) is 20.8 Å². The highest BCUT2D eigenvalue weighted by molar-refractivity contribution is 6.32. The van der Waals surface area contributed by atoms with E-state index < -0.39 is 0 Å². The largest absolute Gasteiger partial charge is 0.506 e. The van der Waals surface area contributed by atoms with Crippen molar-refractivity contribution in [2.75, 3.05) is 0 Å². The molecule has 2 nitrogen and oxygen atoms in total. The normalized spacial score (nSPS) is 12.9. The van der Waals surface area contributed by atoms with Crippen LogP contribution in [-0.2, 0) is 6.42 Å². The predicted octanol–water partition coefficient (Wildman–Crippen LogP) is 2.55. The predicted molar refractivity (Wildman–Crippen MR) is 59.9 cm³/mol. The quantitative estimate of drug-likeness (QED) is 0.793. The zero-order chi connectivity index (χ0) is 10.9. The lowest BCUT2D eigenvalue weighted by Crippen LogP contribution is -2.18. The van der Waals surface area contributed by atoms with E-state index in [9.17, 15) is 5.11 Å². The van der Waals surface area contributed by atoms with Gasteiger partial charge in [0.25, 0.3) is 0 Å². The summed E-state index contributed by atoms with van der Waals surface area (Å²) < 4.78 is 0. The molecule has 14 heavy (non-hydrogen) atoms. The van der Waals surface area contributed by atoms with Gasteiger partial charge in [0.05, 0.1) is 5.02 Å². The first kappa shape index (κ1) is 11.3. The van der Waals surface area contributed by atoms with Crippen molar-refractivity contribution in [3.05, 3.63) is 27.8 Å². The topological polar surface area (TPSA) is 46.2 Å². The van der Waals surface area contributed by atoms with Crippen LogP contribution >= 0.6 is 11.6 Å². The molecule has 0 spiro atoms. The molecule has 1 rings (SSSR count). The van der Waals surface area contributed by atoms with Gasteiger partial charge in [0, 0.05) is 11.6 Å². The first-order valence-electron chi connectivity index (χ1n) is 4.66. The number of benzene rings is 1. The van der Waals surface area contributed by atoms with E-state index in [2.05, 4.69) is 0 Å². The molecular formula is C11H16ClNO. The molecule has 1 aromatic rings. The molecule has 0 heterocycles. The lowest BCUT2D eigenvalue weighted by atomic mass is 9.97. The minimum absolute atomic E-state index is 0.0254. The Morgan fingerprint density at radius 3 is 2.57 bits per heavy atom. The maximum atomic E-state index is 9.76. The molecule has 0 fully saturated rings. The summed E-state index contributed by atoms with van der Waals surface area (Å²) in [5, 5.41) is 10.2. The van der Waals surface area contributed by atoms with Gasteiger partial charge in [0.1, 0.15) is 5.75 Å². The lowest BCUT2D eigenvalue weighted by molar-refractivity contribution is 0.465. The Morgan fingerprint density at radius 1 is 1.50 bits per heavy atom. The first-order chi connectivity index (χ1) is 6.43. The van der Waals surface area contributed by atoms with Crippen LogP contribution in [0.2, 0.25) is 5.02 Å². The van der Waals surface area contributed by atoms with Gasteiger partial charge in [0.15, 0.2) is 0 Å². The third-order valence-corrected chi connectivity index (χ3v) is 2.71. The number of nitrogens with two attached hydrogens (primary N) is 1. The van der Waals surface area contributed by atoms with Crippen molar-refractivity contribution in [3.63, 3.8) is 0 Å². The molecule has 0 aromatic heterocycles. The maximum absolute atomic E-state index is 9.76. The highest BCUT2D eigenvalue weighted by Gasteiger charge is 2.12. The lowest BCUT2D eigenvalue weighted by Gasteiger charge is -2.14. The first-order valence-corrected chi connectivity index (χ1v) is 5.04. The van der Waals surface area contributed by atoms with Crippen LogP contribution in [0.15, 0.2) is 6.07 Å². The van der Waals surface area contributed by atoms with Crippen molar-refractivity contribution < 1.29 is 5.11 Å². The summed E-state index contributed by atoms with van der Waals surface area (Å²) in [4.78, 5) is 0. The monoisotopic (exact) mass is 213 g/mol. The second-order valence-electron chi connectivity index (χ2n) is 3.81. The second kappa shape index (κ2) is 4.20. The highest BCUT2D eigenvalue weighted by atomic mass is 35.5. The van der Waals surface area contributed by atoms with E-state index >= 15 is 0 Å². The fourth-order valence-electron chi connectivity index (χ4n) is 1.50. The van der Waals surface area contributed by atoms with Crippen molar-refractivity contribution in [1.82, 2.24) is 0 Å². The maximum Gasteiger partial charge on any atom is 0.137 e.